The highest BCUT2D eigenvalue weighted by molar-refractivity contribution is 6.32. The minimum atomic E-state index is -1.12. The molecule has 1 aliphatic heterocycles. The van der Waals surface area contributed by atoms with E-state index >= 15 is 0 Å². The van der Waals surface area contributed by atoms with Crippen LogP contribution < -0.4 is 9.47 Å². The molecule has 0 unspecified atom stereocenters. The van der Waals surface area contributed by atoms with E-state index in [9.17, 15) is 9.59 Å². The smallest absolute Gasteiger partial charge is 0.417 e. The predicted molar refractivity (Wildman–Crippen MR) is 93.4 cm³/mol. The minimum Gasteiger partial charge on any atom is -0.417 e. The number of benzene rings is 2. The third-order valence-corrected chi connectivity index (χ3v) is 4.12. The van der Waals surface area contributed by atoms with Gasteiger partial charge in [0.1, 0.15) is 11.1 Å². The first kappa shape index (κ1) is 15.2. The van der Waals surface area contributed by atoms with Crippen LogP contribution in [0.3, 0.4) is 0 Å². The number of hydrogen-bond donors (Lipinski definition) is 0. The topological polar surface area (TPSA) is 96.2 Å². The van der Waals surface area contributed by atoms with Crippen molar-refractivity contribution in [3.05, 3.63) is 61.2 Å². The van der Waals surface area contributed by atoms with Gasteiger partial charge >= 0.3 is 11.9 Å². The molecule has 4 aromatic rings. The molecule has 2 aromatic carbocycles. The maximum absolute atomic E-state index is 11.8. The molecule has 2 aromatic heterocycles. The highest BCUT2D eigenvalue weighted by Gasteiger charge is 2.28. The van der Waals surface area contributed by atoms with Crippen molar-refractivity contribution in [1.29, 1.82) is 0 Å². The van der Waals surface area contributed by atoms with Gasteiger partial charge in [-0.25, -0.2) is 19.6 Å². The van der Waals surface area contributed by atoms with Crippen molar-refractivity contribution in [3.8, 4) is 28.7 Å². The zero-order chi connectivity index (χ0) is 18.4. The van der Waals surface area contributed by atoms with Gasteiger partial charge in [0.05, 0.1) is 11.8 Å². The van der Waals surface area contributed by atoms with E-state index in [4.69, 9.17) is 9.47 Å². The summed E-state index contributed by atoms with van der Waals surface area (Å²) in [5.74, 6) is -1.67. The predicted octanol–water partition coefficient (Wildman–Crippen LogP) is 2.31. The molecule has 5 rings (SSSR count). The lowest BCUT2D eigenvalue weighted by Crippen LogP contribution is -2.23. The molecule has 27 heavy (non-hydrogen) atoms. The van der Waals surface area contributed by atoms with Crippen LogP contribution in [0.2, 0.25) is 0 Å². The van der Waals surface area contributed by atoms with Gasteiger partial charge in [0.2, 0.25) is 5.88 Å². The zero-order valence-electron chi connectivity index (χ0n) is 13.7. The Labute approximate surface area is 152 Å². The maximum Gasteiger partial charge on any atom is 0.424 e. The number of aromatic nitrogens is 4. The Bertz CT molecular complexity index is 1220. The summed E-state index contributed by atoms with van der Waals surface area (Å²) in [5.41, 5.74) is 2.10. The Kier molecular flexibility index (Phi) is 3.23. The second-order valence-corrected chi connectivity index (χ2v) is 5.80. The molecule has 130 valence electrons. The molecule has 0 aliphatic carbocycles. The zero-order valence-corrected chi connectivity index (χ0v) is 13.7. The van der Waals surface area contributed by atoms with Crippen LogP contribution in [0.15, 0.2) is 61.2 Å². The van der Waals surface area contributed by atoms with Crippen LogP contribution in [-0.2, 0) is 9.59 Å². The quantitative estimate of drug-likeness (QED) is 0.308. The second-order valence-electron chi connectivity index (χ2n) is 5.80. The molecular formula is C19H10N4O4. The largest absolute Gasteiger partial charge is 0.424 e. The van der Waals surface area contributed by atoms with Gasteiger partial charge in [0, 0.05) is 23.6 Å². The molecular weight excluding hydrogens is 348 g/mol. The number of carbonyl (C=O) groups is 2. The fraction of sp³-hybridized carbons (Fsp3) is 0. The van der Waals surface area contributed by atoms with E-state index in [0.29, 0.717) is 16.7 Å². The Morgan fingerprint density at radius 3 is 2.63 bits per heavy atom. The van der Waals surface area contributed by atoms with E-state index in [-0.39, 0.29) is 11.6 Å². The van der Waals surface area contributed by atoms with Gasteiger partial charge in [-0.2, -0.15) is 4.98 Å². The van der Waals surface area contributed by atoms with E-state index in [2.05, 4.69) is 15.0 Å². The summed E-state index contributed by atoms with van der Waals surface area (Å²) in [7, 11) is 0. The lowest BCUT2D eigenvalue weighted by molar-refractivity contribution is -0.155. The summed E-state index contributed by atoms with van der Waals surface area (Å²) in [6.07, 6.45) is 5.20. The van der Waals surface area contributed by atoms with E-state index in [1.807, 2.05) is 35.0 Å². The van der Waals surface area contributed by atoms with Gasteiger partial charge in [-0.15, -0.1) is 0 Å². The summed E-state index contributed by atoms with van der Waals surface area (Å²) in [5, 5.41) is 0.381. The SMILES string of the molecule is O=C1Oc2cccc3nc(-c4cccc(-n5ccnc5)c4)nc(c23)OC1=O. The molecule has 8 heteroatoms. The summed E-state index contributed by atoms with van der Waals surface area (Å²) in [6, 6.07) is 12.5. The number of hydrogen-bond acceptors (Lipinski definition) is 7. The van der Waals surface area contributed by atoms with Gasteiger partial charge in [-0.1, -0.05) is 18.2 Å². The second kappa shape index (κ2) is 5.73. The summed E-state index contributed by atoms with van der Waals surface area (Å²) >= 11 is 0. The molecule has 0 radical (unpaired) electrons. The van der Waals surface area contributed by atoms with E-state index in [1.165, 1.54) is 0 Å². The Balaban J connectivity index is 1.70. The van der Waals surface area contributed by atoms with Crippen LogP contribution in [0.25, 0.3) is 28.0 Å². The number of carbonyl (C=O) groups excluding carboxylic acids is 2. The fourth-order valence-electron chi connectivity index (χ4n) is 2.90. The molecule has 0 atom stereocenters. The van der Waals surface area contributed by atoms with Crippen molar-refractivity contribution in [2.75, 3.05) is 0 Å². The lowest BCUT2D eigenvalue weighted by Gasteiger charge is -2.09. The molecule has 1 aliphatic rings. The third kappa shape index (κ3) is 2.51. The van der Waals surface area contributed by atoms with Crippen molar-refractivity contribution in [2.24, 2.45) is 0 Å². The number of imidazole rings is 1. The molecule has 0 saturated carbocycles. The van der Waals surface area contributed by atoms with Crippen molar-refractivity contribution >= 4 is 22.8 Å². The van der Waals surface area contributed by atoms with Crippen molar-refractivity contribution in [1.82, 2.24) is 19.5 Å². The lowest BCUT2D eigenvalue weighted by atomic mass is 10.1. The van der Waals surface area contributed by atoms with Gasteiger partial charge in [-0.05, 0) is 24.3 Å². The average molecular weight is 358 g/mol. The molecule has 0 N–H and O–H groups in total. The van der Waals surface area contributed by atoms with Crippen LogP contribution in [0, 0.1) is 0 Å². The van der Waals surface area contributed by atoms with Gasteiger partial charge < -0.3 is 14.0 Å². The molecule has 0 spiro atoms. The third-order valence-electron chi connectivity index (χ3n) is 4.12. The Morgan fingerprint density at radius 2 is 1.78 bits per heavy atom. The van der Waals surface area contributed by atoms with Crippen LogP contribution >= 0.6 is 0 Å². The first-order chi connectivity index (χ1) is 13.2. The number of esters is 2. The molecule has 3 heterocycles. The van der Waals surface area contributed by atoms with E-state index < -0.39 is 11.9 Å². The Morgan fingerprint density at radius 1 is 0.926 bits per heavy atom. The van der Waals surface area contributed by atoms with Crippen LogP contribution in [-0.4, -0.2) is 31.5 Å². The van der Waals surface area contributed by atoms with E-state index in [1.54, 1.807) is 30.7 Å². The number of nitrogens with zero attached hydrogens (tertiary/aromatic N) is 4. The first-order valence-corrected chi connectivity index (χ1v) is 8.02. The molecule has 0 saturated heterocycles. The minimum absolute atomic E-state index is 0.00511. The number of ether oxygens (including phenoxy) is 2. The monoisotopic (exact) mass is 358 g/mol. The van der Waals surface area contributed by atoms with Gasteiger partial charge in [-0.3, -0.25) is 0 Å². The van der Waals surface area contributed by atoms with Crippen molar-refractivity contribution < 1.29 is 19.1 Å². The first-order valence-electron chi connectivity index (χ1n) is 8.02. The molecule has 8 nitrogen and oxygen atoms in total. The van der Waals surface area contributed by atoms with Crippen LogP contribution in [0.4, 0.5) is 0 Å². The van der Waals surface area contributed by atoms with E-state index in [0.717, 1.165) is 11.3 Å². The maximum atomic E-state index is 11.8. The van der Waals surface area contributed by atoms with Crippen molar-refractivity contribution in [3.63, 3.8) is 0 Å². The van der Waals surface area contributed by atoms with Crippen LogP contribution in [0.5, 0.6) is 11.6 Å². The van der Waals surface area contributed by atoms with Crippen molar-refractivity contribution in [2.45, 2.75) is 0 Å². The summed E-state index contributed by atoms with van der Waals surface area (Å²) in [4.78, 5) is 36.5. The summed E-state index contributed by atoms with van der Waals surface area (Å²) in [6.45, 7) is 0. The molecule has 0 bridgehead atoms. The van der Waals surface area contributed by atoms with Gasteiger partial charge in [0.15, 0.2) is 5.82 Å². The normalized spacial score (nSPS) is 13.2. The highest BCUT2D eigenvalue weighted by atomic mass is 16.6. The van der Waals surface area contributed by atoms with Gasteiger partial charge in [0.25, 0.3) is 0 Å². The highest BCUT2D eigenvalue weighted by Crippen LogP contribution is 2.35. The fourth-order valence-corrected chi connectivity index (χ4v) is 2.90. The Hall–Kier alpha value is -4.07. The number of rotatable bonds is 2. The average Bonchev–Trinajstić information content (AvgIpc) is 3.19. The molecule has 0 amide bonds. The molecule has 0 fully saturated rings. The van der Waals surface area contributed by atoms with Crippen LogP contribution in [0.1, 0.15) is 0 Å². The summed E-state index contributed by atoms with van der Waals surface area (Å²) < 4.78 is 12.0. The standard InChI is InChI=1S/C19H10N4O4/c24-18-19(25)27-17-15-13(5-2-6-14(15)26-18)21-16(22-17)11-3-1-4-12(9-11)23-8-7-20-10-23/h1-10H.